The van der Waals surface area contributed by atoms with Gasteiger partial charge in [-0.05, 0) is 48.5 Å². The van der Waals surface area contributed by atoms with Crippen molar-refractivity contribution < 1.29 is 14.3 Å². The summed E-state index contributed by atoms with van der Waals surface area (Å²) in [7, 11) is 3.06. The Morgan fingerprint density at radius 2 is 1.88 bits per heavy atom. The van der Waals surface area contributed by atoms with E-state index in [1.54, 1.807) is 49.6 Å². The first kappa shape index (κ1) is 17.6. The fourth-order valence-electron chi connectivity index (χ4n) is 1.99. The third kappa shape index (κ3) is 4.37. The second kappa shape index (κ2) is 8.18. The molecule has 1 amide bonds. The lowest BCUT2D eigenvalue weighted by atomic mass is 10.1. The van der Waals surface area contributed by atoms with Crippen molar-refractivity contribution in [1.29, 1.82) is 5.26 Å². The Bertz CT molecular complexity index is 808. The minimum Gasteiger partial charge on any atom is -0.497 e. The molecule has 0 bridgehead atoms. The van der Waals surface area contributed by atoms with E-state index in [2.05, 4.69) is 21.2 Å². The molecule has 6 heteroatoms. The van der Waals surface area contributed by atoms with Crippen molar-refractivity contribution in [3.63, 3.8) is 0 Å². The largest absolute Gasteiger partial charge is 0.497 e. The van der Waals surface area contributed by atoms with Crippen LogP contribution in [0.3, 0.4) is 0 Å². The SMILES string of the molecule is COc1ccc(OC)c(/C=C(/C#N)C(=O)Nc2ccc(Br)cc2)c1. The first-order chi connectivity index (χ1) is 11.6. The van der Waals surface area contributed by atoms with Gasteiger partial charge in [-0.1, -0.05) is 15.9 Å². The molecule has 24 heavy (non-hydrogen) atoms. The van der Waals surface area contributed by atoms with Gasteiger partial charge in [0.05, 0.1) is 14.2 Å². The van der Waals surface area contributed by atoms with Crippen LogP contribution >= 0.6 is 15.9 Å². The number of benzene rings is 2. The van der Waals surface area contributed by atoms with E-state index in [0.717, 1.165) is 4.47 Å². The van der Waals surface area contributed by atoms with Crippen LogP contribution in [0.2, 0.25) is 0 Å². The highest BCUT2D eigenvalue weighted by molar-refractivity contribution is 9.10. The molecule has 0 saturated carbocycles. The van der Waals surface area contributed by atoms with Crippen LogP contribution in [0, 0.1) is 11.3 Å². The Kier molecular flexibility index (Phi) is 5.99. The van der Waals surface area contributed by atoms with Crippen LogP contribution < -0.4 is 14.8 Å². The highest BCUT2D eigenvalue weighted by atomic mass is 79.9. The number of methoxy groups -OCH3 is 2. The van der Waals surface area contributed by atoms with Crippen LogP contribution in [-0.2, 0) is 4.79 Å². The molecule has 2 rings (SSSR count). The maximum atomic E-state index is 12.3. The summed E-state index contributed by atoms with van der Waals surface area (Å²) in [4.78, 5) is 12.3. The van der Waals surface area contributed by atoms with E-state index < -0.39 is 5.91 Å². The summed E-state index contributed by atoms with van der Waals surface area (Å²) in [6.07, 6.45) is 1.47. The normalized spacial score (nSPS) is 10.7. The number of nitriles is 1. The number of amides is 1. The zero-order valence-corrected chi connectivity index (χ0v) is 14.8. The summed E-state index contributed by atoms with van der Waals surface area (Å²) in [5.74, 6) is 0.650. The minimum absolute atomic E-state index is 0.0375. The second-order valence-electron chi connectivity index (χ2n) is 4.74. The lowest BCUT2D eigenvalue weighted by molar-refractivity contribution is -0.112. The summed E-state index contributed by atoms with van der Waals surface area (Å²) in [5.41, 5.74) is 1.14. The first-order valence-corrected chi connectivity index (χ1v) is 7.77. The van der Waals surface area contributed by atoms with Gasteiger partial charge in [-0.25, -0.2) is 0 Å². The smallest absolute Gasteiger partial charge is 0.266 e. The summed E-state index contributed by atoms with van der Waals surface area (Å²) in [5, 5.41) is 12.0. The molecule has 0 aliphatic rings. The average molecular weight is 387 g/mol. The van der Waals surface area contributed by atoms with Gasteiger partial charge in [0.25, 0.3) is 5.91 Å². The predicted octanol–water partition coefficient (Wildman–Crippen LogP) is 4.01. The van der Waals surface area contributed by atoms with Gasteiger partial charge >= 0.3 is 0 Å². The maximum absolute atomic E-state index is 12.3. The second-order valence-corrected chi connectivity index (χ2v) is 5.65. The predicted molar refractivity (Wildman–Crippen MR) is 95.9 cm³/mol. The Morgan fingerprint density at radius 3 is 2.46 bits per heavy atom. The molecule has 1 N–H and O–H groups in total. The molecule has 0 unspecified atom stereocenters. The quantitative estimate of drug-likeness (QED) is 0.622. The van der Waals surface area contributed by atoms with Crippen LogP contribution in [0.5, 0.6) is 11.5 Å². The van der Waals surface area contributed by atoms with Gasteiger partial charge in [-0.3, -0.25) is 4.79 Å². The molecule has 0 radical (unpaired) electrons. The number of nitrogens with one attached hydrogen (secondary N) is 1. The van der Waals surface area contributed by atoms with Crippen LogP contribution in [0.25, 0.3) is 6.08 Å². The van der Waals surface area contributed by atoms with Crippen molar-refractivity contribution in [3.8, 4) is 17.6 Å². The third-order valence-electron chi connectivity index (χ3n) is 3.20. The van der Waals surface area contributed by atoms with Crippen molar-refractivity contribution in [2.24, 2.45) is 0 Å². The van der Waals surface area contributed by atoms with Crippen LogP contribution in [0.4, 0.5) is 5.69 Å². The first-order valence-electron chi connectivity index (χ1n) is 6.98. The van der Waals surface area contributed by atoms with Crippen molar-refractivity contribution in [2.45, 2.75) is 0 Å². The van der Waals surface area contributed by atoms with Crippen LogP contribution in [-0.4, -0.2) is 20.1 Å². The molecule has 0 atom stereocenters. The topological polar surface area (TPSA) is 71.3 Å². The molecular formula is C18H15BrN2O3. The molecule has 0 aromatic heterocycles. The van der Waals surface area contributed by atoms with Crippen LogP contribution in [0.15, 0.2) is 52.5 Å². The van der Waals surface area contributed by atoms with Gasteiger partial charge in [0.15, 0.2) is 0 Å². The third-order valence-corrected chi connectivity index (χ3v) is 3.73. The number of carbonyl (C=O) groups excluding carboxylic acids is 1. The minimum atomic E-state index is -0.496. The zero-order valence-electron chi connectivity index (χ0n) is 13.2. The number of nitrogens with zero attached hydrogens (tertiary/aromatic N) is 1. The monoisotopic (exact) mass is 386 g/mol. The lowest BCUT2D eigenvalue weighted by Crippen LogP contribution is -2.13. The van der Waals surface area contributed by atoms with E-state index in [-0.39, 0.29) is 5.57 Å². The van der Waals surface area contributed by atoms with E-state index in [4.69, 9.17) is 9.47 Å². The van der Waals surface area contributed by atoms with E-state index in [0.29, 0.717) is 22.7 Å². The van der Waals surface area contributed by atoms with Gasteiger partial charge in [-0.15, -0.1) is 0 Å². The fourth-order valence-corrected chi connectivity index (χ4v) is 2.25. The Balaban J connectivity index is 2.30. The molecule has 0 aliphatic heterocycles. The maximum Gasteiger partial charge on any atom is 0.266 e. The van der Waals surface area contributed by atoms with Crippen molar-refractivity contribution in [3.05, 3.63) is 58.1 Å². The number of halogens is 1. The van der Waals surface area contributed by atoms with Gasteiger partial charge in [0.1, 0.15) is 23.1 Å². The lowest BCUT2D eigenvalue weighted by Gasteiger charge is -2.08. The number of rotatable bonds is 5. The Labute approximate surface area is 148 Å². The molecule has 0 saturated heterocycles. The summed E-state index contributed by atoms with van der Waals surface area (Å²) in [6, 6.07) is 14.1. The highest BCUT2D eigenvalue weighted by Crippen LogP contribution is 2.26. The molecule has 0 aliphatic carbocycles. The summed E-state index contributed by atoms with van der Waals surface area (Å²) >= 11 is 3.33. The Hall–Kier alpha value is -2.78. The van der Waals surface area contributed by atoms with Gasteiger partial charge in [0.2, 0.25) is 0 Å². The number of hydrogen-bond donors (Lipinski definition) is 1. The summed E-state index contributed by atoms with van der Waals surface area (Å²) in [6.45, 7) is 0. The van der Waals surface area contributed by atoms with Crippen molar-refractivity contribution in [1.82, 2.24) is 0 Å². The molecule has 2 aromatic rings. The van der Waals surface area contributed by atoms with E-state index >= 15 is 0 Å². The fraction of sp³-hybridized carbons (Fsp3) is 0.111. The van der Waals surface area contributed by atoms with E-state index in [1.807, 2.05) is 6.07 Å². The average Bonchev–Trinajstić information content (AvgIpc) is 2.61. The number of hydrogen-bond acceptors (Lipinski definition) is 4. The van der Waals surface area contributed by atoms with Crippen molar-refractivity contribution in [2.75, 3.05) is 19.5 Å². The van der Waals surface area contributed by atoms with Crippen molar-refractivity contribution >= 4 is 33.6 Å². The number of carbonyl (C=O) groups is 1. The molecule has 0 heterocycles. The number of anilines is 1. The zero-order chi connectivity index (χ0) is 17.5. The number of ether oxygens (including phenoxy) is 2. The standard InChI is InChI=1S/C18H15BrN2O3/c1-23-16-7-8-17(24-2)12(10-16)9-13(11-20)18(22)21-15-5-3-14(19)4-6-15/h3-10H,1-2H3,(H,21,22)/b13-9-. The van der Waals surface area contributed by atoms with Gasteiger partial charge < -0.3 is 14.8 Å². The highest BCUT2D eigenvalue weighted by Gasteiger charge is 2.12. The Morgan fingerprint density at radius 1 is 1.17 bits per heavy atom. The van der Waals surface area contributed by atoms with Gasteiger partial charge in [0, 0.05) is 15.7 Å². The molecule has 0 spiro atoms. The van der Waals surface area contributed by atoms with E-state index in [1.165, 1.54) is 13.2 Å². The molecular weight excluding hydrogens is 372 g/mol. The molecule has 5 nitrogen and oxygen atoms in total. The van der Waals surface area contributed by atoms with E-state index in [9.17, 15) is 10.1 Å². The molecule has 0 fully saturated rings. The molecule has 2 aromatic carbocycles. The summed E-state index contributed by atoms with van der Waals surface area (Å²) < 4.78 is 11.3. The van der Waals surface area contributed by atoms with Gasteiger partial charge in [-0.2, -0.15) is 5.26 Å². The molecule has 122 valence electrons. The van der Waals surface area contributed by atoms with Crippen LogP contribution in [0.1, 0.15) is 5.56 Å².